The van der Waals surface area contributed by atoms with Gasteiger partial charge in [0, 0.05) is 0 Å². The first kappa shape index (κ1) is 15.2. The van der Waals surface area contributed by atoms with Crippen LogP contribution in [0.2, 0.25) is 0 Å². The highest BCUT2D eigenvalue weighted by Gasteiger charge is 2.30. The van der Waals surface area contributed by atoms with E-state index in [1.807, 2.05) is 32.0 Å². The molecule has 0 unspecified atom stereocenters. The zero-order valence-corrected chi connectivity index (χ0v) is 11.8. The molecule has 0 radical (unpaired) electrons. The number of rotatable bonds is 3. The van der Waals surface area contributed by atoms with Gasteiger partial charge < -0.3 is 10.5 Å². The smallest absolute Gasteiger partial charge is 0.416 e. The van der Waals surface area contributed by atoms with E-state index in [0.717, 1.165) is 28.8 Å². The third-order valence-electron chi connectivity index (χ3n) is 3.35. The van der Waals surface area contributed by atoms with Gasteiger partial charge in [0.2, 0.25) is 0 Å². The fourth-order valence-electron chi connectivity index (χ4n) is 2.08. The zero-order valence-electron chi connectivity index (χ0n) is 11.8. The van der Waals surface area contributed by atoms with Crippen LogP contribution in [-0.4, -0.2) is 0 Å². The lowest BCUT2D eigenvalue weighted by Gasteiger charge is -2.14. The minimum atomic E-state index is -4.40. The van der Waals surface area contributed by atoms with Crippen molar-refractivity contribution in [2.75, 3.05) is 5.73 Å². The van der Waals surface area contributed by atoms with Crippen molar-refractivity contribution in [2.45, 2.75) is 26.6 Å². The number of alkyl halides is 3. The molecular formula is C16H16F3NO. The lowest BCUT2D eigenvalue weighted by atomic mass is 10.0. The minimum Gasteiger partial charge on any atom is -0.487 e. The first-order valence-corrected chi connectivity index (χ1v) is 6.43. The Labute approximate surface area is 121 Å². The summed E-state index contributed by atoms with van der Waals surface area (Å²) >= 11 is 0. The number of hydrogen-bond donors (Lipinski definition) is 1. The largest absolute Gasteiger partial charge is 0.487 e. The van der Waals surface area contributed by atoms with Crippen molar-refractivity contribution >= 4 is 5.69 Å². The molecule has 2 aromatic rings. The van der Waals surface area contributed by atoms with E-state index >= 15 is 0 Å². The molecule has 2 rings (SSSR count). The number of ether oxygens (including phenoxy) is 1. The predicted octanol–water partition coefficient (Wildman–Crippen LogP) is 4.48. The van der Waals surface area contributed by atoms with Crippen molar-refractivity contribution in [3.05, 3.63) is 58.7 Å². The summed E-state index contributed by atoms with van der Waals surface area (Å²) in [6, 6.07) is 8.98. The van der Waals surface area contributed by atoms with E-state index < -0.39 is 11.7 Å². The average Bonchev–Trinajstić information content (AvgIpc) is 2.38. The Bertz CT molecular complexity index is 630. The van der Waals surface area contributed by atoms with Crippen molar-refractivity contribution < 1.29 is 17.9 Å². The molecule has 0 atom stereocenters. The van der Waals surface area contributed by atoms with Crippen LogP contribution in [0.4, 0.5) is 18.9 Å². The van der Waals surface area contributed by atoms with Crippen molar-refractivity contribution in [2.24, 2.45) is 0 Å². The number of hydrogen-bond acceptors (Lipinski definition) is 2. The third-order valence-corrected chi connectivity index (χ3v) is 3.35. The molecule has 112 valence electrons. The second kappa shape index (κ2) is 5.68. The molecule has 0 amide bonds. The summed E-state index contributed by atoms with van der Waals surface area (Å²) in [6.45, 7) is 4.19. The second-order valence-corrected chi connectivity index (χ2v) is 4.91. The van der Waals surface area contributed by atoms with E-state index in [9.17, 15) is 13.2 Å². The lowest BCUT2D eigenvalue weighted by Crippen LogP contribution is -2.07. The van der Waals surface area contributed by atoms with Crippen LogP contribution in [0.5, 0.6) is 5.75 Å². The van der Waals surface area contributed by atoms with Gasteiger partial charge in [0.25, 0.3) is 0 Å². The summed E-state index contributed by atoms with van der Waals surface area (Å²) in [5, 5.41) is 0. The minimum absolute atomic E-state index is 0.0175. The van der Waals surface area contributed by atoms with Gasteiger partial charge in [-0.05, 0) is 48.7 Å². The van der Waals surface area contributed by atoms with E-state index in [1.54, 1.807) is 0 Å². The molecule has 0 aliphatic carbocycles. The molecular weight excluding hydrogens is 279 g/mol. The van der Waals surface area contributed by atoms with Gasteiger partial charge in [0.05, 0.1) is 11.3 Å². The van der Waals surface area contributed by atoms with E-state index in [-0.39, 0.29) is 18.0 Å². The lowest BCUT2D eigenvalue weighted by molar-refractivity contribution is -0.137. The van der Waals surface area contributed by atoms with Gasteiger partial charge in [-0.2, -0.15) is 13.2 Å². The number of aryl methyl sites for hydroxylation is 2. The molecule has 0 bridgehead atoms. The first-order valence-electron chi connectivity index (χ1n) is 6.43. The Kier molecular flexibility index (Phi) is 4.11. The average molecular weight is 295 g/mol. The number of nitrogen functional groups attached to an aromatic ring is 1. The maximum Gasteiger partial charge on any atom is 0.416 e. The molecule has 0 aliphatic rings. The van der Waals surface area contributed by atoms with Crippen LogP contribution in [0.1, 0.15) is 22.3 Å². The number of anilines is 1. The summed E-state index contributed by atoms with van der Waals surface area (Å²) in [5.74, 6) is 0.255. The van der Waals surface area contributed by atoms with Crippen LogP contribution < -0.4 is 10.5 Å². The predicted molar refractivity (Wildman–Crippen MR) is 76.1 cm³/mol. The van der Waals surface area contributed by atoms with Crippen molar-refractivity contribution in [3.8, 4) is 5.75 Å². The van der Waals surface area contributed by atoms with E-state index in [0.29, 0.717) is 0 Å². The standard InChI is InChI=1S/C16H16F3NO/c1-10-4-3-5-11(2)13(10)9-21-15-7-6-12(8-14(15)20)16(17,18)19/h3-8H,9,20H2,1-2H3. The second-order valence-electron chi connectivity index (χ2n) is 4.91. The molecule has 0 spiro atoms. The molecule has 0 fully saturated rings. The van der Waals surface area contributed by atoms with E-state index in [1.165, 1.54) is 6.07 Å². The van der Waals surface area contributed by atoms with Crippen LogP contribution in [-0.2, 0) is 12.8 Å². The molecule has 0 heterocycles. The van der Waals surface area contributed by atoms with Gasteiger partial charge in [-0.3, -0.25) is 0 Å². The number of benzene rings is 2. The Morgan fingerprint density at radius 1 is 1.05 bits per heavy atom. The van der Waals surface area contributed by atoms with Crippen molar-refractivity contribution in [3.63, 3.8) is 0 Å². The Balaban J connectivity index is 2.18. The quantitative estimate of drug-likeness (QED) is 0.847. The molecule has 0 saturated heterocycles. The van der Waals surface area contributed by atoms with Crippen molar-refractivity contribution in [1.82, 2.24) is 0 Å². The van der Waals surface area contributed by atoms with Crippen LogP contribution in [0.25, 0.3) is 0 Å². The molecule has 2 aromatic carbocycles. The Morgan fingerprint density at radius 3 is 2.19 bits per heavy atom. The summed E-state index contributed by atoms with van der Waals surface area (Å²) in [5.41, 5.74) is 7.99. The highest BCUT2D eigenvalue weighted by molar-refractivity contribution is 5.55. The SMILES string of the molecule is Cc1cccc(C)c1COc1ccc(C(F)(F)F)cc1N. The van der Waals surface area contributed by atoms with Crippen molar-refractivity contribution in [1.29, 1.82) is 0 Å². The maximum atomic E-state index is 12.6. The normalized spacial score (nSPS) is 11.5. The molecule has 2 N–H and O–H groups in total. The summed E-state index contributed by atoms with van der Waals surface area (Å²) in [4.78, 5) is 0. The summed E-state index contributed by atoms with van der Waals surface area (Å²) in [6.07, 6.45) is -4.40. The van der Waals surface area contributed by atoms with Gasteiger partial charge in [0.1, 0.15) is 12.4 Å². The molecule has 5 heteroatoms. The van der Waals surface area contributed by atoms with E-state index in [2.05, 4.69) is 0 Å². The fourth-order valence-corrected chi connectivity index (χ4v) is 2.08. The van der Waals surface area contributed by atoms with Gasteiger partial charge in [-0.15, -0.1) is 0 Å². The molecule has 2 nitrogen and oxygen atoms in total. The van der Waals surface area contributed by atoms with E-state index in [4.69, 9.17) is 10.5 Å². The number of nitrogens with two attached hydrogens (primary N) is 1. The maximum absolute atomic E-state index is 12.6. The van der Waals surface area contributed by atoms with Crippen LogP contribution in [0.15, 0.2) is 36.4 Å². The van der Waals surface area contributed by atoms with Crippen LogP contribution in [0.3, 0.4) is 0 Å². The van der Waals surface area contributed by atoms with Gasteiger partial charge in [-0.1, -0.05) is 18.2 Å². The fraction of sp³-hybridized carbons (Fsp3) is 0.250. The Hall–Kier alpha value is -2.17. The molecule has 0 aromatic heterocycles. The first-order chi connectivity index (χ1) is 9.79. The highest BCUT2D eigenvalue weighted by Crippen LogP contribution is 2.34. The topological polar surface area (TPSA) is 35.2 Å². The van der Waals surface area contributed by atoms with Gasteiger partial charge in [0.15, 0.2) is 0 Å². The van der Waals surface area contributed by atoms with Crippen LogP contribution >= 0.6 is 0 Å². The van der Waals surface area contributed by atoms with Gasteiger partial charge in [-0.25, -0.2) is 0 Å². The molecule has 0 saturated carbocycles. The van der Waals surface area contributed by atoms with Gasteiger partial charge >= 0.3 is 6.18 Å². The monoisotopic (exact) mass is 295 g/mol. The third kappa shape index (κ3) is 3.48. The Morgan fingerprint density at radius 2 is 1.67 bits per heavy atom. The summed E-state index contributed by atoms with van der Waals surface area (Å²) < 4.78 is 43.2. The number of halogens is 3. The molecule has 21 heavy (non-hydrogen) atoms. The molecule has 0 aliphatic heterocycles. The summed E-state index contributed by atoms with van der Waals surface area (Å²) in [7, 11) is 0. The highest BCUT2D eigenvalue weighted by atomic mass is 19.4. The zero-order chi connectivity index (χ0) is 15.6. The van der Waals surface area contributed by atoms with Crippen LogP contribution in [0, 0.1) is 13.8 Å².